The molecule has 90 valence electrons. The molecule has 3 rings (SSSR count). The van der Waals surface area contributed by atoms with E-state index < -0.39 is 0 Å². The van der Waals surface area contributed by atoms with E-state index in [1.165, 1.54) is 22.7 Å². The Morgan fingerprint density at radius 1 is 1.47 bits per heavy atom. The second kappa shape index (κ2) is 4.74. The summed E-state index contributed by atoms with van der Waals surface area (Å²) in [6.07, 6.45) is 5.72. The Bertz CT molecular complexity index is 499. The Morgan fingerprint density at radius 2 is 2.35 bits per heavy atom. The molecule has 0 radical (unpaired) electrons. The minimum Gasteiger partial charge on any atom is -0.362 e. The molecule has 0 bridgehead atoms. The first-order chi connectivity index (χ1) is 8.36. The average Bonchev–Trinajstić information content (AvgIpc) is 2.92. The van der Waals surface area contributed by atoms with Gasteiger partial charge in [0.2, 0.25) is 0 Å². The summed E-state index contributed by atoms with van der Waals surface area (Å²) in [4.78, 5) is 10.3. The van der Waals surface area contributed by atoms with Crippen LogP contribution in [0.4, 0.5) is 5.13 Å². The molecule has 0 aliphatic heterocycles. The van der Waals surface area contributed by atoms with Crippen LogP contribution in [0.15, 0.2) is 11.6 Å². The molecule has 2 aromatic heterocycles. The number of aromatic nitrogens is 2. The van der Waals surface area contributed by atoms with Crippen molar-refractivity contribution in [3.05, 3.63) is 16.6 Å². The van der Waals surface area contributed by atoms with Crippen molar-refractivity contribution in [2.45, 2.75) is 32.1 Å². The molecular weight excluding hydrogens is 250 g/mol. The topological polar surface area (TPSA) is 37.8 Å². The SMILES string of the molecule is CCCNc1nc(-c2cnc(C3CC3)s2)cs1. The minimum absolute atomic E-state index is 0.741. The Balaban J connectivity index is 1.75. The highest BCUT2D eigenvalue weighted by Gasteiger charge is 2.27. The Kier molecular flexibility index (Phi) is 3.11. The third kappa shape index (κ3) is 2.50. The molecule has 2 aromatic rings. The quantitative estimate of drug-likeness (QED) is 0.889. The molecule has 0 amide bonds. The highest BCUT2D eigenvalue weighted by molar-refractivity contribution is 7.16. The molecule has 1 fully saturated rings. The summed E-state index contributed by atoms with van der Waals surface area (Å²) in [6, 6.07) is 0. The maximum Gasteiger partial charge on any atom is 0.183 e. The summed E-state index contributed by atoms with van der Waals surface area (Å²) >= 11 is 3.47. The lowest BCUT2D eigenvalue weighted by Crippen LogP contribution is -1.98. The zero-order valence-electron chi connectivity index (χ0n) is 9.77. The van der Waals surface area contributed by atoms with Gasteiger partial charge in [0.1, 0.15) is 0 Å². The Labute approximate surface area is 109 Å². The van der Waals surface area contributed by atoms with E-state index in [4.69, 9.17) is 0 Å². The van der Waals surface area contributed by atoms with Crippen LogP contribution in [0.3, 0.4) is 0 Å². The third-order valence-electron chi connectivity index (χ3n) is 2.73. The molecular formula is C12H15N3S2. The smallest absolute Gasteiger partial charge is 0.183 e. The van der Waals surface area contributed by atoms with Gasteiger partial charge in [-0.15, -0.1) is 22.7 Å². The van der Waals surface area contributed by atoms with Crippen LogP contribution < -0.4 is 5.32 Å². The summed E-state index contributed by atoms with van der Waals surface area (Å²) in [5.74, 6) is 0.741. The summed E-state index contributed by atoms with van der Waals surface area (Å²) < 4.78 is 0. The first-order valence-corrected chi connectivity index (χ1v) is 7.72. The predicted molar refractivity (Wildman–Crippen MR) is 74.0 cm³/mol. The van der Waals surface area contributed by atoms with Gasteiger partial charge in [0, 0.05) is 24.0 Å². The van der Waals surface area contributed by atoms with Gasteiger partial charge < -0.3 is 5.32 Å². The highest BCUT2D eigenvalue weighted by Crippen LogP contribution is 2.43. The van der Waals surface area contributed by atoms with Gasteiger partial charge in [-0.2, -0.15) is 0 Å². The van der Waals surface area contributed by atoms with Gasteiger partial charge >= 0.3 is 0 Å². The molecule has 0 atom stereocenters. The van der Waals surface area contributed by atoms with Gasteiger partial charge in [-0.3, -0.25) is 0 Å². The predicted octanol–water partition coefficient (Wildman–Crippen LogP) is 3.97. The second-order valence-electron chi connectivity index (χ2n) is 4.30. The number of nitrogens with one attached hydrogen (secondary N) is 1. The monoisotopic (exact) mass is 265 g/mol. The van der Waals surface area contributed by atoms with E-state index in [0.29, 0.717) is 0 Å². The molecule has 1 saturated carbocycles. The molecule has 2 heterocycles. The van der Waals surface area contributed by atoms with E-state index in [2.05, 4.69) is 27.6 Å². The van der Waals surface area contributed by atoms with Gasteiger partial charge in [0.25, 0.3) is 0 Å². The van der Waals surface area contributed by atoms with Crippen LogP contribution in [0, 0.1) is 0 Å². The van der Waals surface area contributed by atoms with E-state index in [0.717, 1.165) is 29.7 Å². The van der Waals surface area contributed by atoms with Gasteiger partial charge in [-0.1, -0.05) is 6.92 Å². The van der Waals surface area contributed by atoms with Crippen molar-refractivity contribution in [3.63, 3.8) is 0 Å². The van der Waals surface area contributed by atoms with Crippen LogP contribution in [0.25, 0.3) is 10.6 Å². The van der Waals surface area contributed by atoms with Gasteiger partial charge in [-0.25, -0.2) is 9.97 Å². The number of thiazole rings is 2. The van der Waals surface area contributed by atoms with Crippen molar-refractivity contribution in [1.29, 1.82) is 0 Å². The largest absolute Gasteiger partial charge is 0.362 e. The van der Waals surface area contributed by atoms with Crippen molar-refractivity contribution < 1.29 is 0 Å². The molecule has 0 saturated heterocycles. The van der Waals surface area contributed by atoms with Gasteiger partial charge in [0.05, 0.1) is 15.6 Å². The fraction of sp³-hybridized carbons (Fsp3) is 0.500. The van der Waals surface area contributed by atoms with Gasteiger partial charge in [-0.05, 0) is 19.3 Å². The second-order valence-corrected chi connectivity index (χ2v) is 6.22. The van der Waals surface area contributed by atoms with Gasteiger partial charge in [0.15, 0.2) is 5.13 Å². The van der Waals surface area contributed by atoms with Crippen LogP contribution >= 0.6 is 22.7 Å². The standard InChI is InChI=1S/C12H15N3S2/c1-2-5-13-12-15-9(7-16-12)10-6-14-11(17-10)8-3-4-8/h6-8H,2-5H2,1H3,(H,13,15). The van der Waals surface area contributed by atoms with Crippen LogP contribution in [0.5, 0.6) is 0 Å². The third-order valence-corrected chi connectivity index (χ3v) is 4.72. The summed E-state index contributed by atoms with van der Waals surface area (Å²) in [7, 11) is 0. The summed E-state index contributed by atoms with van der Waals surface area (Å²) in [5, 5.41) is 7.74. The number of hydrogen-bond donors (Lipinski definition) is 1. The Morgan fingerprint density at radius 3 is 3.12 bits per heavy atom. The lowest BCUT2D eigenvalue weighted by atomic mass is 10.4. The molecule has 1 aliphatic rings. The molecule has 5 heteroatoms. The van der Waals surface area contributed by atoms with E-state index in [1.54, 1.807) is 22.7 Å². The van der Waals surface area contributed by atoms with E-state index in [1.807, 2.05) is 6.20 Å². The molecule has 17 heavy (non-hydrogen) atoms. The fourth-order valence-electron chi connectivity index (χ4n) is 1.63. The van der Waals surface area contributed by atoms with Crippen molar-refractivity contribution in [3.8, 4) is 10.6 Å². The van der Waals surface area contributed by atoms with Crippen LogP contribution in [-0.4, -0.2) is 16.5 Å². The van der Waals surface area contributed by atoms with Crippen molar-refractivity contribution >= 4 is 27.8 Å². The van der Waals surface area contributed by atoms with E-state index in [-0.39, 0.29) is 0 Å². The molecule has 1 N–H and O–H groups in total. The zero-order chi connectivity index (χ0) is 11.7. The molecule has 1 aliphatic carbocycles. The van der Waals surface area contributed by atoms with E-state index in [9.17, 15) is 0 Å². The van der Waals surface area contributed by atoms with Crippen LogP contribution in [0.1, 0.15) is 37.1 Å². The lowest BCUT2D eigenvalue weighted by Gasteiger charge is -1.96. The summed E-state index contributed by atoms with van der Waals surface area (Å²) in [6.45, 7) is 3.15. The number of hydrogen-bond acceptors (Lipinski definition) is 5. The van der Waals surface area contributed by atoms with E-state index >= 15 is 0 Å². The maximum absolute atomic E-state index is 4.59. The summed E-state index contributed by atoms with van der Waals surface area (Å²) in [5.41, 5.74) is 1.07. The minimum atomic E-state index is 0.741. The molecule has 3 nitrogen and oxygen atoms in total. The number of nitrogens with zero attached hydrogens (tertiary/aromatic N) is 2. The maximum atomic E-state index is 4.59. The molecule has 0 aromatic carbocycles. The first kappa shape index (κ1) is 11.2. The molecule has 0 unspecified atom stereocenters. The van der Waals surface area contributed by atoms with Crippen LogP contribution in [0.2, 0.25) is 0 Å². The fourth-order valence-corrected chi connectivity index (χ4v) is 3.49. The van der Waals surface area contributed by atoms with Crippen molar-refractivity contribution in [1.82, 2.24) is 9.97 Å². The van der Waals surface area contributed by atoms with Crippen LogP contribution in [-0.2, 0) is 0 Å². The van der Waals surface area contributed by atoms with Crippen molar-refractivity contribution in [2.24, 2.45) is 0 Å². The normalized spacial score (nSPS) is 15.1. The number of rotatable bonds is 5. The molecule has 0 spiro atoms. The highest BCUT2D eigenvalue weighted by atomic mass is 32.1. The van der Waals surface area contributed by atoms with Crippen molar-refractivity contribution in [2.75, 3.05) is 11.9 Å². The Hall–Kier alpha value is -0.940. The average molecular weight is 265 g/mol. The lowest BCUT2D eigenvalue weighted by molar-refractivity contribution is 0.976. The number of anilines is 1. The first-order valence-electron chi connectivity index (χ1n) is 6.02. The zero-order valence-corrected chi connectivity index (χ0v) is 11.4.